The lowest BCUT2D eigenvalue weighted by atomic mass is 10.2. The second kappa shape index (κ2) is 6.11. The summed E-state index contributed by atoms with van der Waals surface area (Å²) in [6.45, 7) is 0. The molecule has 0 aliphatic heterocycles. The standard InChI is InChI=1S/C19H11N3OS/c20-10-15(8-13-4-3-7-21-11-13)19-22-16(12-24-19)18-9-14-5-1-2-6-17(14)23-18/h1-9,11-12H. The van der Waals surface area contributed by atoms with E-state index in [4.69, 9.17) is 4.42 Å². The van der Waals surface area contributed by atoms with E-state index < -0.39 is 0 Å². The molecule has 114 valence electrons. The summed E-state index contributed by atoms with van der Waals surface area (Å²) in [6.07, 6.45) is 5.20. The third kappa shape index (κ3) is 2.71. The van der Waals surface area contributed by atoms with Crippen molar-refractivity contribution in [2.24, 2.45) is 0 Å². The molecule has 3 aromatic heterocycles. The highest BCUT2D eigenvalue weighted by atomic mass is 32.1. The molecule has 0 unspecified atom stereocenters. The van der Waals surface area contributed by atoms with E-state index >= 15 is 0 Å². The van der Waals surface area contributed by atoms with Crippen molar-refractivity contribution < 1.29 is 4.42 Å². The van der Waals surface area contributed by atoms with Crippen molar-refractivity contribution in [3.63, 3.8) is 0 Å². The third-order valence-electron chi connectivity index (χ3n) is 3.53. The van der Waals surface area contributed by atoms with Gasteiger partial charge in [-0.25, -0.2) is 4.98 Å². The molecule has 0 N–H and O–H groups in total. The fourth-order valence-electron chi connectivity index (χ4n) is 2.39. The molecule has 24 heavy (non-hydrogen) atoms. The second-order valence-corrected chi connectivity index (χ2v) is 6.00. The van der Waals surface area contributed by atoms with Crippen LogP contribution < -0.4 is 0 Å². The maximum atomic E-state index is 9.44. The largest absolute Gasteiger partial charge is 0.454 e. The minimum Gasteiger partial charge on any atom is -0.454 e. The van der Waals surface area contributed by atoms with Crippen molar-refractivity contribution in [1.29, 1.82) is 5.26 Å². The van der Waals surface area contributed by atoms with Crippen molar-refractivity contribution in [3.05, 3.63) is 70.8 Å². The first-order valence-corrected chi connectivity index (χ1v) is 8.18. The highest BCUT2D eigenvalue weighted by Crippen LogP contribution is 2.31. The Morgan fingerprint density at radius 2 is 2.12 bits per heavy atom. The van der Waals surface area contributed by atoms with E-state index in [9.17, 15) is 5.26 Å². The summed E-state index contributed by atoms with van der Waals surface area (Å²) in [5, 5.41) is 13.0. The van der Waals surface area contributed by atoms with Gasteiger partial charge >= 0.3 is 0 Å². The molecule has 0 saturated heterocycles. The number of hydrogen-bond acceptors (Lipinski definition) is 5. The number of thiazole rings is 1. The predicted molar refractivity (Wildman–Crippen MR) is 95.0 cm³/mol. The van der Waals surface area contributed by atoms with Gasteiger partial charge in [0.15, 0.2) is 5.76 Å². The molecule has 4 rings (SSSR count). The number of allylic oxidation sites excluding steroid dienone is 1. The minimum absolute atomic E-state index is 0.510. The van der Waals surface area contributed by atoms with Gasteiger partial charge in [0, 0.05) is 23.2 Å². The quantitative estimate of drug-likeness (QED) is 0.495. The van der Waals surface area contributed by atoms with Crippen LogP contribution in [0.3, 0.4) is 0 Å². The van der Waals surface area contributed by atoms with Gasteiger partial charge in [-0.3, -0.25) is 4.98 Å². The molecule has 3 heterocycles. The molecule has 1 aromatic carbocycles. The van der Waals surface area contributed by atoms with Gasteiger partial charge in [0.25, 0.3) is 0 Å². The molecule has 0 bridgehead atoms. The Morgan fingerprint density at radius 3 is 2.92 bits per heavy atom. The van der Waals surface area contributed by atoms with Crippen molar-refractivity contribution in [3.8, 4) is 17.5 Å². The van der Waals surface area contributed by atoms with Crippen molar-refractivity contribution in [2.75, 3.05) is 0 Å². The molecule has 5 heteroatoms. The highest BCUT2D eigenvalue weighted by Gasteiger charge is 2.12. The summed E-state index contributed by atoms with van der Waals surface area (Å²) in [5.74, 6) is 0.706. The number of aromatic nitrogens is 2. The van der Waals surface area contributed by atoms with E-state index in [1.807, 2.05) is 47.8 Å². The number of nitrogens with zero attached hydrogens (tertiary/aromatic N) is 3. The van der Waals surface area contributed by atoms with Crippen LogP contribution in [-0.4, -0.2) is 9.97 Å². The average Bonchev–Trinajstić information content (AvgIpc) is 3.27. The SMILES string of the molecule is N#CC(=Cc1cccnc1)c1nc(-c2cc3ccccc3o2)cs1. The van der Waals surface area contributed by atoms with E-state index in [-0.39, 0.29) is 0 Å². The Balaban J connectivity index is 1.71. The number of nitriles is 1. The van der Waals surface area contributed by atoms with Crippen LogP contribution in [0.25, 0.3) is 34.1 Å². The topological polar surface area (TPSA) is 62.7 Å². The molecule has 0 aliphatic rings. The number of pyridine rings is 1. The summed E-state index contributed by atoms with van der Waals surface area (Å²) in [5.41, 5.74) is 2.94. The summed E-state index contributed by atoms with van der Waals surface area (Å²) < 4.78 is 5.83. The second-order valence-electron chi connectivity index (χ2n) is 5.14. The summed E-state index contributed by atoms with van der Waals surface area (Å²) in [6, 6.07) is 15.7. The van der Waals surface area contributed by atoms with E-state index in [1.54, 1.807) is 18.5 Å². The lowest BCUT2D eigenvalue weighted by Crippen LogP contribution is -1.82. The van der Waals surface area contributed by atoms with Crippen LogP contribution in [0.15, 0.2) is 64.7 Å². The first kappa shape index (κ1) is 14.4. The number of furan rings is 1. The van der Waals surface area contributed by atoms with Crippen LogP contribution in [0.2, 0.25) is 0 Å². The first-order chi connectivity index (χ1) is 11.8. The molecule has 4 nitrogen and oxygen atoms in total. The Hall–Kier alpha value is -3.23. The maximum absolute atomic E-state index is 9.44. The van der Waals surface area contributed by atoms with Crippen molar-refractivity contribution in [2.45, 2.75) is 0 Å². The third-order valence-corrected chi connectivity index (χ3v) is 4.40. The van der Waals surface area contributed by atoms with Crippen molar-refractivity contribution >= 4 is 34.0 Å². The zero-order valence-corrected chi connectivity index (χ0v) is 13.3. The Bertz CT molecular complexity index is 1040. The van der Waals surface area contributed by atoms with Gasteiger partial charge in [0.1, 0.15) is 22.4 Å². The van der Waals surface area contributed by atoms with Gasteiger partial charge in [-0.2, -0.15) is 5.26 Å². The minimum atomic E-state index is 0.510. The number of benzene rings is 1. The Labute approximate surface area is 142 Å². The summed E-state index contributed by atoms with van der Waals surface area (Å²) in [7, 11) is 0. The fourth-order valence-corrected chi connectivity index (χ4v) is 3.16. The summed E-state index contributed by atoms with van der Waals surface area (Å²) in [4.78, 5) is 8.61. The van der Waals surface area contributed by atoms with Gasteiger partial charge in [-0.05, 0) is 29.8 Å². The molecule has 0 amide bonds. The lowest BCUT2D eigenvalue weighted by Gasteiger charge is -1.94. The lowest BCUT2D eigenvalue weighted by molar-refractivity contribution is 0.629. The molecule has 0 spiro atoms. The first-order valence-electron chi connectivity index (χ1n) is 7.30. The molecule has 0 saturated carbocycles. The van der Waals surface area contributed by atoms with Crippen LogP contribution in [0, 0.1) is 11.3 Å². The molecule has 0 aliphatic carbocycles. The van der Waals surface area contributed by atoms with E-state index in [0.717, 1.165) is 22.2 Å². The Morgan fingerprint density at radius 1 is 1.21 bits per heavy atom. The number of hydrogen-bond donors (Lipinski definition) is 0. The van der Waals surface area contributed by atoms with Crippen LogP contribution in [0.1, 0.15) is 10.6 Å². The normalized spacial score (nSPS) is 11.5. The molecule has 4 aromatic rings. The maximum Gasteiger partial charge on any atom is 0.154 e. The molecular weight excluding hydrogens is 318 g/mol. The van der Waals surface area contributed by atoms with E-state index in [1.165, 1.54) is 11.3 Å². The highest BCUT2D eigenvalue weighted by molar-refractivity contribution is 7.11. The smallest absolute Gasteiger partial charge is 0.154 e. The van der Waals surface area contributed by atoms with E-state index in [2.05, 4.69) is 16.0 Å². The van der Waals surface area contributed by atoms with Crippen LogP contribution in [0.4, 0.5) is 0 Å². The molecule has 0 radical (unpaired) electrons. The van der Waals surface area contributed by atoms with Gasteiger partial charge < -0.3 is 4.42 Å². The van der Waals surface area contributed by atoms with Gasteiger partial charge in [-0.15, -0.1) is 11.3 Å². The fraction of sp³-hybridized carbons (Fsp3) is 0. The molecule has 0 atom stereocenters. The predicted octanol–water partition coefficient (Wildman–Crippen LogP) is 5.02. The van der Waals surface area contributed by atoms with Gasteiger partial charge in [-0.1, -0.05) is 24.3 Å². The number of para-hydroxylation sites is 1. The van der Waals surface area contributed by atoms with Crippen LogP contribution in [0.5, 0.6) is 0 Å². The van der Waals surface area contributed by atoms with E-state index in [0.29, 0.717) is 16.3 Å². The zero-order chi connectivity index (χ0) is 16.4. The van der Waals surface area contributed by atoms with Crippen molar-refractivity contribution in [1.82, 2.24) is 9.97 Å². The average molecular weight is 329 g/mol. The van der Waals surface area contributed by atoms with Crippen LogP contribution >= 0.6 is 11.3 Å². The summed E-state index contributed by atoms with van der Waals surface area (Å²) >= 11 is 1.42. The molecule has 0 fully saturated rings. The van der Waals surface area contributed by atoms with Crippen LogP contribution in [-0.2, 0) is 0 Å². The van der Waals surface area contributed by atoms with Gasteiger partial charge in [0.05, 0.1) is 5.57 Å². The Kier molecular flexibility index (Phi) is 3.66. The monoisotopic (exact) mass is 329 g/mol. The number of rotatable bonds is 3. The zero-order valence-electron chi connectivity index (χ0n) is 12.5. The molecular formula is C19H11N3OS. The number of fused-ring (bicyclic) bond motifs is 1. The van der Waals surface area contributed by atoms with Gasteiger partial charge in [0.2, 0.25) is 0 Å².